The molecule has 0 saturated heterocycles. The molecule has 1 aromatic carbocycles. The van der Waals surface area contributed by atoms with Crippen LogP contribution in [-0.4, -0.2) is 24.2 Å². The number of aromatic nitrogens is 2. The fraction of sp³-hybridized carbons (Fsp3) is 0.286. The molecule has 112 valence electrons. The van der Waals surface area contributed by atoms with E-state index in [1.807, 2.05) is 18.2 Å². The Morgan fingerprint density at radius 3 is 2.57 bits per heavy atom. The van der Waals surface area contributed by atoms with Gasteiger partial charge in [0.15, 0.2) is 22.5 Å². The van der Waals surface area contributed by atoms with Crippen molar-refractivity contribution in [2.45, 2.75) is 13.5 Å². The summed E-state index contributed by atoms with van der Waals surface area (Å²) in [5.41, 5.74) is 7.19. The number of nitrogens with zero attached hydrogens (tertiary/aromatic N) is 2. The summed E-state index contributed by atoms with van der Waals surface area (Å²) < 4.78 is 10.5. The standard InChI is InChI=1S/C14H17ClN4O2/c1-8-18-13(15)12(16)14(19-8)17-7-9-4-5-10(20-2)11(6-9)21-3/h4-6H,7,16H2,1-3H3,(H,17,18,19). The molecular formula is C14H17ClN4O2. The number of ether oxygens (including phenoxy) is 2. The van der Waals surface area contributed by atoms with Crippen LogP contribution in [0.15, 0.2) is 18.2 Å². The normalized spacial score (nSPS) is 10.3. The molecular weight excluding hydrogens is 292 g/mol. The van der Waals surface area contributed by atoms with E-state index in [0.717, 1.165) is 5.56 Å². The molecule has 0 bridgehead atoms. The van der Waals surface area contributed by atoms with Crippen molar-refractivity contribution in [2.75, 3.05) is 25.3 Å². The number of benzene rings is 1. The zero-order chi connectivity index (χ0) is 15.4. The number of halogens is 1. The van der Waals surface area contributed by atoms with E-state index in [4.69, 9.17) is 26.8 Å². The minimum Gasteiger partial charge on any atom is -0.493 e. The van der Waals surface area contributed by atoms with E-state index >= 15 is 0 Å². The van der Waals surface area contributed by atoms with E-state index in [9.17, 15) is 0 Å². The Hall–Kier alpha value is -2.21. The van der Waals surface area contributed by atoms with Gasteiger partial charge in [-0.15, -0.1) is 0 Å². The second-order valence-corrected chi connectivity index (χ2v) is 4.72. The second kappa shape index (κ2) is 6.49. The van der Waals surface area contributed by atoms with Crippen LogP contribution in [0.1, 0.15) is 11.4 Å². The Bertz CT molecular complexity index is 649. The van der Waals surface area contributed by atoms with Crippen LogP contribution in [0, 0.1) is 6.92 Å². The van der Waals surface area contributed by atoms with Gasteiger partial charge in [0.05, 0.1) is 14.2 Å². The van der Waals surface area contributed by atoms with Gasteiger partial charge in [-0.1, -0.05) is 17.7 Å². The van der Waals surface area contributed by atoms with E-state index < -0.39 is 0 Å². The van der Waals surface area contributed by atoms with Crippen molar-refractivity contribution < 1.29 is 9.47 Å². The van der Waals surface area contributed by atoms with Crippen molar-refractivity contribution in [3.05, 3.63) is 34.7 Å². The van der Waals surface area contributed by atoms with Crippen LogP contribution in [-0.2, 0) is 6.54 Å². The smallest absolute Gasteiger partial charge is 0.161 e. The zero-order valence-electron chi connectivity index (χ0n) is 12.1. The first-order valence-corrected chi connectivity index (χ1v) is 6.67. The maximum absolute atomic E-state index is 5.94. The fourth-order valence-corrected chi connectivity index (χ4v) is 2.07. The molecule has 2 rings (SSSR count). The highest BCUT2D eigenvalue weighted by Crippen LogP contribution is 2.28. The van der Waals surface area contributed by atoms with Gasteiger partial charge in [0.1, 0.15) is 11.5 Å². The first-order valence-electron chi connectivity index (χ1n) is 6.29. The Labute approximate surface area is 128 Å². The minimum atomic E-state index is 0.248. The van der Waals surface area contributed by atoms with Gasteiger partial charge in [0.25, 0.3) is 0 Å². The van der Waals surface area contributed by atoms with Gasteiger partial charge < -0.3 is 20.5 Å². The number of anilines is 2. The third-order valence-electron chi connectivity index (χ3n) is 2.92. The summed E-state index contributed by atoms with van der Waals surface area (Å²) in [5.74, 6) is 2.43. The molecule has 0 amide bonds. The molecule has 0 aliphatic carbocycles. The van der Waals surface area contributed by atoms with Crippen LogP contribution in [0.4, 0.5) is 11.5 Å². The summed E-state index contributed by atoms with van der Waals surface area (Å²) in [6.07, 6.45) is 0. The number of nitrogens with one attached hydrogen (secondary N) is 1. The lowest BCUT2D eigenvalue weighted by Gasteiger charge is -2.12. The molecule has 0 aliphatic rings. The van der Waals surface area contributed by atoms with Crippen molar-refractivity contribution in [3.63, 3.8) is 0 Å². The molecule has 3 N–H and O–H groups in total. The van der Waals surface area contributed by atoms with E-state index in [1.54, 1.807) is 21.1 Å². The lowest BCUT2D eigenvalue weighted by Crippen LogP contribution is -2.07. The number of aryl methyl sites for hydroxylation is 1. The fourth-order valence-electron chi connectivity index (χ4n) is 1.86. The Balaban J connectivity index is 2.17. The van der Waals surface area contributed by atoms with Crippen molar-refractivity contribution in [3.8, 4) is 11.5 Å². The number of methoxy groups -OCH3 is 2. The summed E-state index contributed by atoms with van der Waals surface area (Å²) in [6.45, 7) is 2.28. The average molecular weight is 309 g/mol. The van der Waals surface area contributed by atoms with Gasteiger partial charge in [0.2, 0.25) is 0 Å². The second-order valence-electron chi connectivity index (χ2n) is 4.37. The van der Waals surface area contributed by atoms with Gasteiger partial charge in [-0.3, -0.25) is 0 Å². The molecule has 0 spiro atoms. The molecule has 1 aromatic heterocycles. The molecule has 1 heterocycles. The van der Waals surface area contributed by atoms with Crippen LogP contribution in [0.5, 0.6) is 11.5 Å². The number of hydrogen-bond acceptors (Lipinski definition) is 6. The number of nitrogens with two attached hydrogens (primary N) is 1. The summed E-state index contributed by atoms with van der Waals surface area (Å²) in [4.78, 5) is 8.23. The first kappa shape index (κ1) is 15.2. The third-order valence-corrected chi connectivity index (χ3v) is 3.21. The quantitative estimate of drug-likeness (QED) is 0.826. The van der Waals surface area contributed by atoms with Gasteiger partial charge in [0, 0.05) is 6.54 Å². The highest BCUT2D eigenvalue weighted by molar-refractivity contribution is 6.32. The summed E-state index contributed by atoms with van der Waals surface area (Å²) in [5, 5.41) is 3.39. The van der Waals surface area contributed by atoms with E-state index in [-0.39, 0.29) is 5.15 Å². The molecule has 2 aromatic rings. The summed E-state index contributed by atoms with van der Waals surface area (Å²) >= 11 is 5.94. The number of hydrogen-bond donors (Lipinski definition) is 2. The van der Waals surface area contributed by atoms with Gasteiger partial charge in [-0.2, -0.15) is 0 Å². The SMILES string of the molecule is COc1ccc(CNc2nc(C)nc(Cl)c2N)cc1OC. The minimum absolute atomic E-state index is 0.248. The zero-order valence-corrected chi connectivity index (χ0v) is 12.9. The third kappa shape index (κ3) is 3.46. The van der Waals surface area contributed by atoms with Gasteiger partial charge >= 0.3 is 0 Å². The van der Waals surface area contributed by atoms with E-state index in [2.05, 4.69) is 15.3 Å². The average Bonchev–Trinajstić information content (AvgIpc) is 2.49. The van der Waals surface area contributed by atoms with Crippen LogP contribution >= 0.6 is 11.6 Å². The molecule has 0 fully saturated rings. The highest BCUT2D eigenvalue weighted by Gasteiger charge is 2.09. The molecule has 0 unspecified atom stereocenters. The monoisotopic (exact) mass is 308 g/mol. The van der Waals surface area contributed by atoms with Gasteiger partial charge in [-0.25, -0.2) is 9.97 Å². The highest BCUT2D eigenvalue weighted by atomic mass is 35.5. The van der Waals surface area contributed by atoms with Crippen molar-refractivity contribution in [1.29, 1.82) is 0 Å². The van der Waals surface area contributed by atoms with Crippen molar-refractivity contribution in [1.82, 2.24) is 9.97 Å². The van der Waals surface area contributed by atoms with Crippen LogP contribution in [0.25, 0.3) is 0 Å². The van der Waals surface area contributed by atoms with E-state index in [1.165, 1.54) is 0 Å². The molecule has 7 heteroatoms. The molecule has 6 nitrogen and oxygen atoms in total. The largest absolute Gasteiger partial charge is 0.493 e. The summed E-state index contributed by atoms with van der Waals surface area (Å²) in [7, 11) is 3.20. The Morgan fingerprint density at radius 2 is 1.90 bits per heavy atom. The van der Waals surface area contributed by atoms with E-state index in [0.29, 0.717) is 35.4 Å². The Kier molecular flexibility index (Phi) is 4.70. The topological polar surface area (TPSA) is 82.3 Å². The number of nitrogen functional groups attached to an aromatic ring is 1. The predicted molar refractivity (Wildman–Crippen MR) is 83.1 cm³/mol. The lowest BCUT2D eigenvalue weighted by molar-refractivity contribution is 0.354. The Morgan fingerprint density at radius 1 is 1.19 bits per heavy atom. The molecule has 21 heavy (non-hydrogen) atoms. The van der Waals surface area contributed by atoms with Crippen LogP contribution in [0.2, 0.25) is 5.15 Å². The summed E-state index contributed by atoms with van der Waals surface area (Å²) in [6, 6.07) is 5.66. The molecule has 0 aliphatic heterocycles. The predicted octanol–water partition coefficient (Wildman–Crippen LogP) is 2.65. The van der Waals surface area contributed by atoms with Crippen LogP contribution < -0.4 is 20.5 Å². The molecule has 0 atom stereocenters. The number of rotatable bonds is 5. The maximum Gasteiger partial charge on any atom is 0.161 e. The lowest BCUT2D eigenvalue weighted by atomic mass is 10.2. The maximum atomic E-state index is 5.94. The first-order chi connectivity index (χ1) is 10.0. The molecule has 0 saturated carbocycles. The van der Waals surface area contributed by atoms with Crippen molar-refractivity contribution in [2.24, 2.45) is 0 Å². The van der Waals surface area contributed by atoms with Gasteiger partial charge in [-0.05, 0) is 24.6 Å². The molecule has 0 radical (unpaired) electrons. The van der Waals surface area contributed by atoms with Crippen molar-refractivity contribution >= 4 is 23.1 Å². The van der Waals surface area contributed by atoms with Crippen LogP contribution in [0.3, 0.4) is 0 Å².